The van der Waals surface area contributed by atoms with Crippen molar-refractivity contribution in [2.24, 2.45) is 0 Å². The van der Waals surface area contributed by atoms with Gasteiger partial charge in [-0.15, -0.1) is 0 Å². The molecule has 0 aliphatic carbocycles. The van der Waals surface area contributed by atoms with Crippen LogP contribution in [-0.4, -0.2) is 36.7 Å². The summed E-state index contributed by atoms with van der Waals surface area (Å²) in [5.74, 6) is -0.533. The van der Waals surface area contributed by atoms with Crippen molar-refractivity contribution in [3.8, 4) is 0 Å². The van der Waals surface area contributed by atoms with Crippen LogP contribution >= 0.6 is 0 Å². The molecule has 1 atom stereocenters. The molecular weight excluding hydrogens is 344 g/mol. The standard InChI is InChI=1S/C21H26N2O4/c1-3-15(2)16-8-10-17(11-9-16)23-20(25)14-27-21(26)18-6-4-5-7-19(18)22-12-13-24/h4-11,15,22,24H,3,12-14H2,1-2H3,(H,23,25)/t15-/m1/s1. The van der Waals surface area contributed by atoms with Crippen LogP contribution in [0.1, 0.15) is 42.1 Å². The van der Waals surface area contributed by atoms with Crippen molar-refractivity contribution in [2.75, 3.05) is 30.4 Å². The van der Waals surface area contributed by atoms with E-state index in [1.165, 1.54) is 5.56 Å². The van der Waals surface area contributed by atoms with E-state index in [0.29, 0.717) is 29.4 Å². The van der Waals surface area contributed by atoms with Gasteiger partial charge in [0.2, 0.25) is 0 Å². The summed E-state index contributed by atoms with van der Waals surface area (Å²) >= 11 is 0. The third kappa shape index (κ3) is 6.11. The number of aliphatic hydroxyl groups is 1. The number of rotatable bonds is 9. The smallest absolute Gasteiger partial charge is 0.340 e. The maximum atomic E-state index is 12.2. The zero-order valence-electron chi connectivity index (χ0n) is 15.7. The predicted molar refractivity (Wildman–Crippen MR) is 106 cm³/mol. The molecule has 144 valence electrons. The minimum Gasteiger partial charge on any atom is -0.452 e. The van der Waals surface area contributed by atoms with Crippen molar-refractivity contribution in [1.29, 1.82) is 0 Å². The molecule has 0 heterocycles. The van der Waals surface area contributed by atoms with Crippen LogP contribution in [0, 0.1) is 0 Å². The summed E-state index contributed by atoms with van der Waals surface area (Å²) < 4.78 is 5.11. The minimum absolute atomic E-state index is 0.0540. The average molecular weight is 370 g/mol. The summed E-state index contributed by atoms with van der Waals surface area (Å²) in [6, 6.07) is 14.5. The van der Waals surface area contributed by atoms with Crippen LogP contribution in [0.25, 0.3) is 0 Å². The topological polar surface area (TPSA) is 87.7 Å². The molecule has 1 amide bonds. The highest BCUT2D eigenvalue weighted by atomic mass is 16.5. The zero-order valence-corrected chi connectivity index (χ0v) is 15.7. The Bertz CT molecular complexity index is 759. The van der Waals surface area contributed by atoms with Crippen molar-refractivity contribution in [1.82, 2.24) is 0 Å². The second-order valence-corrected chi connectivity index (χ2v) is 6.25. The van der Waals surface area contributed by atoms with E-state index in [4.69, 9.17) is 9.84 Å². The monoisotopic (exact) mass is 370 g/mol. The van der Waals surface area contributed by atoms with Crippen molar-refractivity contribution >= 4 is 23.3 Å². The molecule has 0 unspecified atom stereocenters. The van der Waals surface area contributed by atoms with Gasteiger partial charge in [0.25, 0.3) is 5.91 Å². The SMILES string of the molecule is CC[C@@H](C)c1ccc(NC(=O)COC(=O)c2ccccc2NCCO)cc1. The van der Waals surface area contributed by atoms with Crippen LogP contribution in [0.5, 0.6) is 0 Å². The van der Waals surface area contributed by atoms with Gasteiger partial charge in [-0.05, 0) is 42.2 Å². The summed E-state index contributed by atoms with van der Waals surface area (Å²) in [5.41, 5.74) is 2.75. The molecule has 0 fully saturated rings. The fraction of sp³-hybridized carbons (Fsp3) is 0.333. The number of carbonyl (C=O) groups excluding carboxylic acids is 2. The van der Waals surface area contributed by atoms with Crippen molar-refractivity contribution in [3.63, 3.8) is 0 Å². The number of aliphatic hydroxyl groups excluding tert-OH is 1. The van der Waals surface area contributed by atoms with Crippen molar-refractivity contribution in [2.45, 2.75) is 26.2 Å². The van der Waals surface area contributed by atoms with Crippen LogP contribution in [-0.2, 0) is 9.53 Å². The van der Waals surface area contributed by atoms with Crippen molar-refractivity contribution in [3.05, 3.63) is 59.7 Å². The number of esters is 1. The normalized spacial score (nSPS) is 11.5. The summed E-state index contributed by atoms with van der Waals surface area (Å²) in [7, 11) is 0. The maximum absolute atomic E-state index is 12.2. The molecule has 0 aliphatic heterocycles. The largest absolute Gasteiger partial charge is 0.452 e. The van der Waals surface area contributed by atoms with Gasteiger partial charge in [0.1, 0.15) is 0 Å². The third-order valence-corrected chi connectivity index (χ3v) is 4.28. The molecule has 6 nitrogen and oxygen atoms in total. The highest BCUT2D eigenvalue weighted by Gasteiger charge is 2.14. The molecule has 0 aromatic heterocycles. The Morgan fingerprint density at radius 2 is 1.81 bits per heavy atom. The summed E-state index contributed by atoms with van der Waals surface area (Å²) in [4.78, 5) is 24.3. The second kappa shape index (κ2) is 10.3. The average Bonchev–Trinajstić information content (AvgIpc) is 2.70. The molecule has 0 saturated heterocycles. The molecule has 3 N–H and O–H groups in total. The van der Waals surface area contributed by atoms with E-state index in [0.717, 1.165) is 6.42 Å². The molecule has 2 aromatic rings. The predicted octanol–water partition coefficient (Wildman–Crippen LogP) is 3.40. The van der Waals surface area contributed by atoms with E-state index in [9.17, 15) is 9.59 Å². The summed E-state index contributed by atoms with van der Waals surface area (Å²) in [6.07, 6.45) is 1.05. The number of hydrogen-bond donors (Lipinski definition) is 3. The van der Waals surface area contributed by atoms with Gasteiger partial charge in [-0.3, -0.25) is 4.79 Å². The third-order valence-electron chi connectivity index (χ3n) is 4.28. The molecule has 6 heteroatoms. The summed E-state index contributed by atoms with van der Waals surface area (Å²) in [6.45, 7) is 4.17. The molecule has 0 bridgehead atoms. The van der Waals surface area contributed by atoms with Crippen LogP contribution in [0.2, 0.25) is 0 Å². The van der Waals surface area contributed by atoms with Gasteiger partial charge in [0.05, 0.1) is 12.2 Å². The highest BCUT2D eigenvalue weighted by Crippen LogP contribution is 2.20. The van der Waals surface area contributed by atoms with Crippen LogP contribution in [0.4, 0.5) is 11.4 Å². The molecule has 0 saturated carbocycles. The van der Waals surface area contributed by atoms with Gasteiger partial charge in [-0.2, -0.15) is 0 Å². The molecule has 2 rings (SSSR count). The number of amides is 1. The minimum atomic E-state index is -0.599. The number of para-hydroxylation sites is 1. The Morgan fingerprint density at radius 1 is 1.11 bits per heavy atom. The molecule has 0 radical (unpaired) electrons. The van der Waals surface area contributed by atoms with Crippen molar-refractivity contribution < 1.29 is 19.4 Å². The number of hydrogen-bond acceptors (Lipinski definition) is 5. The van der Waals surface area contributed by atoms with E-state index in [1.54, 1.807) is 24.3 Å². The Hall–Kier alpha value is -2.86. The first-order chi connectivity index (χ1) is 13.0. The quantitative estimate of drug-likeness (QED) is 0.589. The Balaban J connectivity index is 1.89. The number of nitrogens with one attached hydrogen (secondary N) is 2. The van der Waals surface area contributed by atoms with Gasteiger partial charge in [-0.1, -0.05) is 38.1 Å². The molecule has 27 heavy (non-hydrogen) atoms. The van der Waals surface area contributed by atoms with Crippen LogP contribution in [0.15, 0.2) is 48.5 Å². The second-order valence-electron chi connectivity index (χ2n) is 6.25. The van der Waals surface area contributed by atoms with E-state index in [2.05, 4.69) is 24.5 Å². The van der Waals surface area contributed by atoms with Gasteiger partial charge in [0, 0.05) is 17.9 Å². The number of benzene rings is 2. The van der Waals surface area contributed by atoms with Gasteiger partial charge < -0.3 is 20.5 Å². The van der Waals surface area contributed by atoms with Crippen LogP contribution < -0.4 is 10.6 Å². The van der Waals surface area contributed by atoms with Gasteiger partial charge in [0.15, 0.2) is 6.61 Å². The Kier molecular flexibility index (Phi) is 7.82. The van der Waals surface area contributed by atoms with E-state index >= 15 is 0 Å². The lowest BCUT2D eigenvalue weighted by atomic mass is 9.99. The fourth-order valence-corrected chi connectivity index (χ4v) is 2.54. The molecule has 2 aromatic carbocycles. The Morgan fingerprint density at radius 3 is 2.48 bits per heavy atom. The molecule has 0 aliphatic rings. The number of anilines is 2. The highest BCUT2D eigenvalue weighted by molar-refractivity contribution is 5.98. The Labute approximate surface area is 159 Å². The maximum Gasteiger partial charge on any atom is 0.340 e. The first-order valence-electron chi connectivity index (χ1n) is 9.05. The van der Waals surface area contributed by atoms with E-state index in [-0.39, 0.29) is 13.2 Å². The summed E-state index contributed by atoms with van der Waals surface area (Å²) in [5, 5.41) is 14.6. The lowest BCUT2D eigenvalue weighted by molar-refractivity contribution is -0.119. The van der Waals surface area contributed by atoms with E-state index in [1.807, 2.05) is 24.3 Å². The van der Waals surface area contributed by atoms with Gasteiger partial charge >= 0.3 is 5.97 Å². The lowest BCUT2D eigenvalue weighted by Gasteiger charge is -2.12. The lowest BCUT2D eigenvalue weighted by Crippen LogP contribution is -2.21. The molecular formula is C21H26N2O4. The first kappa shape index (κ1) is 20.5. The fourth-order valence-electron chi connectivity index (χ4n) is 2.54. The van der Waals surface area contributed by atoms with Gasteiger partial charge in [-0.25, -0.2) is 4.79 Å². The number of carbonyl (C=O) groups is 2. The first-order valence-corrected chi connectivity index (χ1v) is 9.05. The van der Waals surface area contributed by atoms with E-state index < -0.39 is 11.9 Å². The number of ether oxygens (including phenoxy) is 1. The van der Waals surface area contributed by atoms with Crippen LogP contribution in [0.3, 0.4) is 0 Å². The molecule has 0 spiro atoms. The zero-order chi connectivity index (χ0) is 19.6.